The Labute approximate surface area is 224 Å². The molecule has 1 aromatic rings. The molecule has 0 bridgehead atoms. The molecule has 0 saturated carbocycles. The van der Waals surface area contributed by atoms with Gasteiger partial charge in [-0.05, 0) is 94.2 Å². The van der Waals surface area contributed by atoms with E-state index >= 15 is 0 Å². The normalized spacial score (nSPS) is 16.7. The third kappa shape index (κ3) is 8.99. The molecule has 1 heterocycles. The van der Waals surface area contributed by atoms with Crippen molar-refractivity contribution in [2.45, 2.75) is 72.6 Å². The van der Waals surface area contributed by atoms with Crippen molar-refractivity contribution in [3.8, 4) is 5.75 Å². The van der Waals surface area contributed by atoms with Crippen molar-refractivity contribution in [1.82, 2.24) is 9.80 Å². The molecule has 1 N–H and O–H groups in total. The van der Waals surface area contributed by atoms with Crippen LogP contribution >= 0.6 is 0 Å². The number of nitrogens with one attached hydrogen (secondary N) is 1. The van der Waals surface area contributed by atoms with Gasteiger partial charge in [-0.1, -0.05) is 27.7 Å². The average molecular weight is 512 g/mol. The van der Waals surface area contributed by atoms with Gasteiger partial charge >= 0.3 is 0 Å². The van der Waals surface area contributed by atoms with Crippen LogP contribution in [-0.4, -0.2) is 62.3 Å². The van der Waals surface area contributed by atoms with E-state index in [1.54, 1.807) is 6.20 Å². The lowest BCUT2D eigenvalue weighted by molar-refractivity contribution is -0.709. The quantitative estimate of drug-likeness (QED) is 0.241. The second kappa shape index (κ2) is 16.0. The summed E-state index contributed by atoms with van der Waals surface area (Å²) in [4.78, 5) is 5.01. The summed E-state index contributed by atoms with van der Waals surface area (Å²) < 4.78 is 12.1. The van der Waals surface area contributed by atoms with E-state index in [0.29, 0.717) is 13.2 Å². The second-order valence-electron chi connectivity index (χ2n) is 10.2. The number of hydrogen-bond donors (Lipinski definition) is 1. The highest BCUT2D eigenvalue weighted by molar-refractivity contribution is 5.68. The van der Waals surface area contributed by atoms with Crippen LogP contribution in [0.4, 0.5) is 0 Å². The zero-order chi connectivity index (χ0) is 26.5. The van der Waals surface area contributed by atoms with Gasteiger partial charge in [0.2, 0.25) is 0 Å². The van der Waals surface area contributed by atoms with E-state index in [0.717, 1.165) is 91.7 Å². The first-order valence-corrected chi connectivity index (χ1v) is 14.6. The van der Waals surface area contributed by atoms with Gasteiger partial charge in [-0.15, -0.1) is 0 Å². The Hall–Kier alpha value is -2.12. The van der Waals surface area contributed by atoms with E-state index in [-0.39, 0.29) is 5.06 Å². The van der Waals surface area contributed by atoms with Gasteiger partial charge in [0.1, 0.15) is 23.4 Å². The van der Waals surface area contributed by atoms with Crippen LogP contribution in [0.1, 0.15) is 72.6 Å². The topological polar surface area (TPSA) is 52.4 Å². The van der Waals surface area contributed by atoms with Crippen molar-refractivity contribution in [3.63, 3.8) is 0 Å². The maximum atomic E-state index is 13.0. The number of hydroxylamine groups is 2. The number of ether oxygens (including phenoxy) is 2. The van der Waals surface area contributed by atoms with E-state index in [1.807, 2.05) is 18.2 Å². The molecule has 37 heavy (non-hydrogen) atoms. The Bertz CT molecular complexity index is 1010. The summed E-state index contributed by atoms with van der Waals surface area (Å²) in [6.45, 7) is 17.0. The molecule has 1 aromatic carbocycles. The minimum atomic E-state index is 0.0562. The monoisotopic (exact) mass is 511 g/mol. The van der Waals surface area contributed by atoms with E-state index in [1.165, 1.54) is 25.7 Å². The zero-order valence-electron chi connectivity index (χ0n) is 23.7. The van der Waals surface area contributed by atoms with Crippen LogP contribution in [0.15, 0.2) is 41.8 Å². The summed E-state index contributed by atoms with van der Waals surface area (Å²) in [5, 5.41) is 15.1. The van der Waals surface area contributed by atoms with Crippen molar-refractivity contribution in [2.75, 3.05) is 52.5 Å². The Balaban J connectivity index is 1.55. The van der Waals surface area contributed by atoms with Crippen LogP contribution in [0.5, 0.6) is 5.75 Å². The third-order valence-corrected chi connectivity index (χ3v) is 6.95. The fraction of sp³-hybridized carbons (Fsp3) is 0.613. The van der Waals surface area contributed by atoms with Crippen molar-refractivity contribution in [2.24, 2.45) is 0 Å². The molecule has 206 valence electrons. The first-order chi connectivity index (χ1) is 18.1. The molecule has 1 atom stereocenters. The standard InChI is InChI=1S/C31H49N3O3/c1-5-15-32(16-6-2)19-9-21-36-27-11-13-29-26(23-27)25-34(35)31-24-28(12-14-30(29)31)37-22-10-20-33(17-7-3)18-8-4/h11-13,23-25,34H,5-10,14-22H2,1-4H3. The fourth-order valence-electron chi connectivity index (χ4n) is 5.31. The molecule has 0 spiro atoms. The maximum absolute atomic E-state index is 13.0. The molecule has 0 amide bonds. The molecule has 2 aliphatic rings. The van der Waals surface area contributed by atoms with Gasteiger partial charge < -0.3 is 29.5 Å². The number of benzene rings is 1. The van der Waals surface area contributed by atoms with Crippen molar-refractivity contribution < 1.29 is 14.5 Å². The Morgan fingerprint density at radius 1 is 0.811 bits per heavy atom. The minimum absolute atomic E-state index is 0.0562. The lowest BCUT2D eigenvalue weighted by Crippen LogP contribution is -3.01. The summed E-state index contributed by atoms with van der Waals surface area (Å²) in [6, 6.07) is 6.16. The zero-order valence-corrected chi connectivity index (χ0v) is 23.7. The molecule has 0 saturated heterocycles. The molecule has 6 nitrogen and oxygen atoms in total. The minimum Gasteiger partial charge on any atom is -0.624 e. The number of quaternary nitrogens is 1. The SMILES string of the molecule is CCCN(CCC)CCCOC1=CCC2=c3ccc(OCCCN(CCC)CCC)cc3=C[NH+]([O-])C2=C1. The van der Waals surface area contributed by atoms with Crippen LogP contribution in [0.3, 0.4) is 0 Å². The largest absolute Gasteiger partial charge is 0.624 e. The highest BCUT2D eigenvalue weighted by atomic mass is 16.5. The number of nitrogens with zero attached hydrogens (tertiary/aromatic N) is 2. The summed E-state index contributed by atoms with van der Waals surface area (Å²) in [5.41, 5.74) is 1.86. The Morgan fingerprint density at radius 2 is 1.41 bits per heavy atom. The molecule has 6 heteroatoms. The van der Waals surface area contributed by atoms with E-state index in [9.17, 15) is 5.21 Å². The highest BCUT2D eigenvalue weighted by Gasteiger charge is 2.22. The molecular formula is C31H49N3O3. The Kier molecular flexibility index (Phi) is 12.7. The molecule has 1 unspecified atom stereocenters. The van der Waals surface area contributed by atoms with Crippen LogP contribution in [0.2, 0.25) is 0 Å². The molecule has 0 radical (unpaired) electrons. The van der Waals surface area contributed by atoms with Crippen LogP contribution < -0.4 is 20.2 Å². The number of hydrogen-bond acceptors (Lipinski definition) is 5. The summed E-state index contributed by atoms with van der Waals surface area (Å²) in [7, 11) is 0. The highest BCUT2D eigenvalue weighted by Crippen LogP contribution is 2.21. The lowest BCUT2D eigenvalue weighted by atomic mass is 9.97. The molecule has 1 aliphatic carbocycles. The first-order valence-electron chi connectivity index (χ1n) is 14.6. The molecule has 0 fully saturated rings. The molecule has 0 aromatic heterocycles. The van der Waals surface area contributed by atoms with Gasteiger partial charge in [0, 0.05) is 36.4 Å². The van der Waals surface area contributed by atoms with Crippen LogP contribution in [0, 0.1) is 5.21 Å². The predicted molar refractivity (Wildman–Crippen MR) is 153 cm³/mol. The maximum Gasteiger partial charge on any atom is 0.143 e. The lowest BCUT2D eigenvalue weighted by Gasteiger charge is -2.28. The second-order valence-corrected chi connectivity index (χ2v) is 10.2. The summed E-state index contributed by atoms with van der Waals surface area (Å²) in [5.74, 6) is 1.66. The van der Waals surface area contributed by atoms with Crippen molar-refractivity contribution in [1.29, 1.82) is 0 Å². The van der Waals surface area contributed by atoms with Gasteiger partial charge in [-0.25, -0.2) is 0 Å². The van der Waals surface area contributed by atoms with Gasteiger partial charge in [-0.3, -0.25) is 0 Å². The van der Waals surface area contributed by atoms with E-state index in [4.69, 9.17) is 9.47 Å². The van der Waals surface area contributed by atoms with Crippen LogP contribution in [0.25, 0.3) is 11.8 Å². The van der Waals surface area contributed by atoms with Crippen LogP contribution in [-0.2, 0) is 4.74 Å². The predicted octanol–water partition coefficient (Wildman–Crippen LogP) is 3.56. The summed E-state index contributed by atoms with van der Waals surface area (Å²) in [6.07, 6.45) is 13.2. The fourth-order valence-corrected chi connectivity index (χ4v) is 5.31. The van der Waals surface area contributed by atoms with Gasteiger partial charge in [0.15, 0.2) is 0 Å². The van der Waals surface area contributed by atoms with E-state index in [2.05, 4.69) is 49.6 Å². The summed E-state index contributed by atoms with van der Waals surface area (Å²) >= 11 is 0. The van der Waals surface area contributed by atoms with Gasteiger partial charge in [0.05, 0.1) is 13.2 Å². The van der Waals surface area contributed by atoms with Crippen molar-refractivity contribution in [3.05, 3.63) is 57.5 Å². The number of allylic oxidation sites excluding steroid dienone is 3. The molecule has 1 aliphatic heterocycles. The molecular weight excluding hydrogens is 462 g/mol. The number of rotatable bonds is 18. The van der Waals surface area contributed by atoms with Crippen molar-refractivity contribution >= 4 is 11.8 Å². The van der Waals surface area contributed by atoms with E-state index < -0.39 is 0 Å². The first kappa shape index (κ1) is 29.4. The average Bonchev–Trinajstić information content (AvgIpc) is 2.89. The van der Waals surface area contributed by atoms with Gasteiger partial charge in [-0.2, -0.15) is 0 Å². The third-order valence-electron chi connectivity index (χ3n) is 6.95. The molecule has 3 rings (SSSR count). The number of fused-ring (bicyclic) bond motifs is 2. The van der Waals surface area contributed by atoms with Gasteiger partial charge in [0.25, 0.3) is 0 Å². The Morgan fingerprint density at radius 3 is 2.00 bits per heavy atom. The smallest absolute Gasteiger partial charge is 0.143 e.